The molecule has 0 amide bonds. The molecule has 2 saturated heterocycles. The van der Waals surface area contributed by atoms with Crippen molar-refractivity contribution < 1.29 is 9.52 Å². The maximum Gasteiger partial charge on any atom is 0.127 e. The van der Waals surface area contributed by atoms with Crippen LogP contribution in [0.3, 0.4) is 0 Å². The molecule has 0 radical (unpaired) electrons. The van der Waals surface area contributed by atoms with Crippen LogP contribution in [0.25, 0.3) is 0 Å². The van der Waals surface area contributed by atoms with Crippen molar-refractivity contribution in [1.82, 2.24) is 19.8 Å². The van der Waals surface area contributed by atoms with Crippen molar-refractivity contribution in [3.8, 4) is 0 Å². The van der Waals surface area contributed by atoms with Crippen LogP contribution >= 0.6 is 0 Å². The van der Waals surface area contributed by atoms with Crippen molar-refractivity contribution >= 4 is 0 Å². The molecule has 2 fully saturated rings. The van der Waals surface area contributed by atoms with Crippen molar-refractivity contribution in [2.24, 2.45) is 11.3 Å². The zero-order valence-corrected chi connectivity index (χ0v) is 16.9. The van der Waals surface area contributed by atoms with Gasteiger partial charge in [-0.3, -0.25) is 9.80 Å². The predicted molar refractivity (Wildman–Crippen MR) is 108 cm³/mol. The average molecular weight is 385 g/mol. The van der Waals surface area contributed by atoms with Crippen LogP contribution in [0.2, 0.25) is 0 Å². The minimum atomic E-state index is 0.286. The Bertz CT molecular complexity index is 724. The van der Waals surface area contributed by atoms with Gasteiger partial charge in [-0.15, -0.1) is 0 Å². The summed E-state index contributed by atoms with van der Waals surface area (Å²) >= 11 is 0. The second kappa shape index (κ2) is 8.72. The Hall–Kier alpha value is -1.76. The summed E-state index contributed by atoms with van der Waals surface area (Å²) in [4.78, 5) is 13.8. The Morgan fingerprint density at radius 3 is 2.36 bits per heavy atom. The van der Waals surface area contributed by atoms with Gasteiger partial charge in [0.2, 0.25) is 0 Å². The van der Waals surface area contributed by atoms with Crippen LogP contribution in [0.5, 0.6) is 0 Å². The second-order valence-corrected chi connectivity index (χ2v) is 8.50. The first-order valence-electron chi connectivity index (χ1n) is 10.6. The highest BCUT2D eigenvalue weighted by Crippen LogP contribution is 2.45. The smallest absolute Gasteiger partial charge is 0.127 e. The highest BCUT2D eigenvalue weighted by molar-refractivity contribution is 5.07. The standard InChI is InChI=1S/C22H32N4O2/c1-2-21-23-11-19(12-24-21)14-25-7-4-22(5-8-25)6-9-26(15-20(22)16-27)13-18-3-10-28-17-18/h3,10-12,17,20,27H,2,4-9,13-16H2,1H3. The number of aryl methyl sites for hydroxylation is 1. The van der Waals surface area contributed by atoms with E-state index in [-0.39, 0.29) is 6.61 Å². The van der Waals surface area contributed by atoms with Crippen LogP contribution < -0.4 is 0 Å². The lowest BCUT2D eigenvalue weighted by Gasteiger charge is -2.51. The number of piperidine rings is 2. The van der Waals surface area contributed by atoms with Gasteiger partial charge in [0.15, 0.2) is 0 Å². The molecule has 6 heteroatoms. The number of rotatable bonds is 6. The summed E-state index contributed by atoms with van der Waals surface area (Å²) < 4.78 is 5.20. The zero-order valence-electron chi connectivity index (χ0n) is 16.9. The maximum atomic E-state index is 10.1. The molecule has 2 aromatic rings. The SMILES string of the molecule is CCc1ncc(CN2CCC3(CC2)CCN(Cc2ccoc2)CC3CO)cn1. The molecule has 0 saturated carbocycles. The first-order valence-corrected chi connectivity index (χ1v) is 10.6. The summed E-state index contributed by atoms with van der Waals surface area (Å²) in [6, 6.07) is 2.04. The first-order chi connectivity index (χ1) is 13.7. The maximum absolute atomic E-state index is 10.1. The van der Waals surface area contributed by atoms with E-state index in [1.54, 1.807) is 6.26 Å². The Balaban J connectivity index is 1.32. The number of aliphatic hydroxyl groups is 1. The van der Waals surface area contributed by atoms with Crippen LogP contribution in [-0.4, -0.2) is 57.7 Å². The molecule has 2 aliphatic rings. The molecule has 1 atom stereocenters. The molecule has 2 aromatic heterocycles. The fraction of sp³-hybridized carbons (Fsp3) is 0.636. The third-order valence-corrected chi connectivity index (χ3v) is 6.81. The summed E-state index contributed by atoms with van der Waals surface area (Å²) in [5.41, 5.74) is 2.71. The number of hydrogen-bond acceptors (Lipinski definition) is 6. The van der Waals surface area contributed by atoms with Crippen molar-refractivity contribution in [3.05, 3.63) is 47.9 Å². The van der Waals surface area contributed by atoms with Crippen molar-refractivity contribution in [2.45, 2.75) is 45.7 Å². The minimum Gasteiger partial charge on any atom is -0.472 e. The van der Waals surface area contributed by atoms with E-state index in [9.17, 15) is 5.11 Å². The monoisotopic (exact) mass is 384 g/mol. The van der Waals surface area contributed by atoms with E-state index in [4.69, 9.17) is 4.42 Å². The van der Waals surface area contributed by atoms with Gasteiger partial charge in [-0.2, -0.15) is 0 Å². The molecule has 4 rings (SSSR count). The van der Waals surface area contributed by atoms with E-state index in [2.05, 4.69) is 26.7 Å². The highest BCUT2D eigenvalue weighted by Gasteiger charge is 2.44. The molecular formula is C22H32N4O2. The van der Waals surface area contributed by atoms with Gasteiger partial charge in [0.1, 0.15) is 5.82 Å². The zero-order chi connectivity index (χ0) is 19.4. The van der Waals surface area contributed by atoms with Gasteiger partial charge >= 0.3 is 0 Å². The fourth-order valence-corrected chi connectivity index (χ4v) is 4.94. The number of aliphatic hydroxyl groups excluding tert-OH is 1. The molecule has 0 aromatic carbocycles. The molecule has 152 valence electrons. The van der Waals surface area contributed by atoms with Gasteiger partial charge in [0, 0.05) is 62.1 Å². The molecule has 6 nitrogen and oxygen atoms in total. The Morgan fingerprint density at radius 1 is 1.07 bits per heavy atom. The molecule has 1 spiro atoms. The van der Waals surface area contributed by atoms with Crippen molar-refractivity contribution in [2.75, 3.05) is 32.8 Å². The fourth-order valence-electron chi connectivity index (χ4n) is 4.94. The summed E-state index contributed by atoms with van der Waals surface area (Å²) in [5.74, 6) is 1.27. The summed E-state index contributed by atoms with van der Waals surface area (Å²) in [7, 11) is 0. The predicted octanol–water partition coefficient (Wildman–Crippen LogP) is 2.73. The largest absolute Gasteiger partial charge is 0.472 e. The molecule has 0 bridgehead atoms. The van der Waals surface area contributed by atoms with Crippen molar-refractivity contribution in [1.29, 1.82) is 0 Å². The van der Waals surface area contributed by atoms with E-state index in [0.717, 1.165) is 51.5 Å². The van der Waals surface area contributed by atoms with Gasteiger partial charge < -0.3 is 9.52 Å². The molecule has 4 heterocycles. The number of likely N-dealkylation sites (tertiary alicyclic amines) is 2. The summed E-state index contributed by atoms with van der Waals surface area (Å²) in [5, 5.41) is 10.1. The summed E-state index contributed by atoms with van der Waals surface area (Å²) in [6.07, 6.45) is 11.9. The minimum absolute atomic E-state index is 0.286. The lowest BCUT2D eigenvalue weighted by molar-refractivity contribution is -0.0450. The van der Waals surface area contributed by atoms with Crippen LogP contribution in [0.4, 0.5) is 0 Å². The van der Waals surface area contributed by atoms with Gasteiger partial charge in [0.05, 0.1) is 12.5 Å². The van der Waals surface area contributed by atoms with E-state index in [1.165, 1.54) is 30.4 Å². The number of furan rings is 1. The lowest BCUT2D eigenvalue weighted by Crippen LogP contribution is -2.53. The molecule has 0 aliphatic carbocycles. The van der Waals surface area contributed by atoms with Crippen molar-refractivity contribution in [3.63, 3.8) is 0 Å². The average Bonchev–Trinajstić information content (AvgIpc) is 3.25. The van der Waals surface area contributed by atoms with Crippen LogP contribution in [0, 0.1) is 11.3 Å². The molecule has 28 heavy (non-hydrogen) atoms. The number of hydrogen-bond donors (Lipinski definition) is 1. The lowest BCUT2D eigenvalue weighted by atomic mass is 9.64. The Kier molecular flexibility index (Phi) is 6.09. The number of nitrogens with zero attached hydrogens (tertiary/aromatic N) is 4. The first kappa shape index (κ1) is 19.6. The van der Waals surface area contributed by atoms with Gasteiger partial charge in [-0.1, -0.05) is 6.92 Å². The normalized spacial score (nSPS) is 23.3. The van der Waals surface area contributed by atoms with Gasteiger partial charge in [-0.05, 0) is 50.4 Å². The van der Waals surface area contributed by atoms with Gasteiger partial charge in [0.25, 0.3) is 0 Å². The summed E-state index contributed by atoms with van der Waals surface area (Å²) in [6.45, 7) is 8.48. The molecule has 1 unspecified atom stereocenters. The Labute approximate surface area is 167 Å². The van der Waals surface area contributed by atoms with E-state index in [1.807, 2.05) is 24.7 Å². The molecule has 1 N–H and O–H groups in total. The number of aromatic nitrogens is 2. The van der Waals surface area contributed by atoms with E-state index in [0.29, 0.717) is 11.3 Å². The molecule has 2 aliphatic heterocycles. The highest BCUT2D eigenvalue weighted by atomic mass is 16.3. The van der Waals surface area contributed by atoms with Crippen LogP contribution in [-0.2, 0) is 19.5 Å². The van der Waals surface area contributed by atoms with Crippen LogP contribution in [0.15, 0.2) is 35.4 Å². The van der Waals surface area contributed by atoms with Crippen LogP contribution in [0.1, 0.15) is 43.1 Å². The van der Waals surface area contributed by atoms with Gasteiger partial charge in [-0.25, -0.2) is 9.97 Å². The third kappa shape index (κ3) is 4.29. The second-order valence-electron chi connectivity index (χ2n) is 8.50. The third-order valence-electron chi connectivity index (χ3n) is 6.81. The Morgan fingerprint density at radius 2 is 1.75 bits per heavy atom. The van der Waals surface area contributed by atoms with E-state index < -0.39 is 0 Å². The van der Waals surface area contributed by atoms with E-state index >= 15 is 0 Å². The topological polar surface area (TPSA) is 65.6 Å². The quantitative estimate of drug-likeness (QED) is 0.826. The molecular weight excluding hydrogens is 352 g/mol.